The number of hydrogen-bond donors (Lipinski definition) is 3. The van der Waals surface area contributed by atoms with Crippen molar-refractivity contribution in [1.29, 1.82) is 0 Å². The summed E-state index contributed by atoms with van der Waals surface area (Å²) in [5.41, 5.74) is 6.13. The average molecular weight is 443 g/mol. The van der Waals surface area contributed by atoms with Gasteiger partial charge in [0.25, 0.3) is 0 Å². The molecule has 2 aromatic carbocycles. The number of aromatic nitrogens is 7. The SMILES string of the molecule is Cn1nnc(-c2ccc3c(-c4cc5cc(CNCC6CCOCC6)ccc5[nH]4)n[nH]c3c2)n1. The van der Waals surface area contributed by atoms with Gasteiger partial charge in [-0.3, -0.25) is 5.10 Å². The standard InChI is InChI=1S/C24H26N8O/c1-32-30-24(29-31-32)17-3-4-19-21(11-17)27-28-23(19)22-12-18-10-16(2-5-20(18)26-22)14-25-13-15-6-8-33-9-7-15/h2-5,10-12,15,25-26H,6-9,13-14H2,1H3,(H,27,28). The summed E-state index contributed by atoms with van der Waals surface area (Å²) in [6, 6.07) is 14.8. The molecule has 0 bridgehead atoms. The average Bonchev–Trinajstić information content (AvgIpc) is 3.56. The first-order chi connectivity index (χ1) is 16.2. The molecule has 5 aromatic rings. The second kappa shape index (κ2) is 8.42. The molecular weight excluding hydrogens is 416 g/mol. The highest BCUT2D eigenvalue weighted by Gasteiger charge is 2.15. The number of nitrogens with one attached hydrogen (secondary N) is 3. The fourth-order valence-electron chi connectivity index (χ4n) is 4.55. The molecule has 0 aliphatic carbocycles. The molecule has 0 saturated carbocycles. The van der Waals surface area contributed by atoms with Gasteiger partial charge in [0, 0.05) is 41.6 Å². The van der Waals surface area contributed by atoms with Gasteiger partial charge in [0.15, 0.2) is 0 Å². The van der Waals surface area contributed by atoms with Crippen LogP contribution in [0.15, 0.2) is 42.5 Å². The molecule has 0 unspecified atom stereocenters. The number of tetrazole rings is 1. The van der Waals surface area contributed by atoms with Crippen molar-refractivity contribution in [2.45, 2.75) is 19.4 Å². The van der Waals surface area contributed by atoms with Gasteiger partial charge in [-0.05, 0) is 66.4 Å². The van der Waals surface area contributed by atoms with E-state index in [9.17, 15) is 0 Å². The zero-order valence-electron chi connectivity index (χ0n) is 18.5. The van der Waals surface area contributed by atoms with Gasteiger partial charge in [0.1, 0.15) is 5.69 Å². The molecule has 1 aliphatic heterocycles. The Balaban J connectivity index is 1.22. The molecule has 33 heavy (non-hydrogen) atoms. The second-order valence-corrected chi connectivity index (χ2v) is 8.73. The van der Waals surface area contributed by atoms with Gasteiger partial charge in [-0.15, -0.1) is 10.2 Å². The second-order valence-electron chi connectivity index (χ2n) is 8.73. The molecule has 9 heteroatoms. The third-order valence-electron chi connectivity index (χ3n) is 6.37. The molecule has 6 rings (SSSR count). The molecule has 0 amide bonds. The van der Waals surface area contributed by atoms with Crippen molar-refractivity contribution < 1.29 is 4.74 Å². The van der Waals surface area contributed by atoms with E-state index in [0.29, 0.717) is 5.82 Å². The van der Waals surface area contributed by atoms with Crippen LogP contribution in [0, 0.1) is 5.92 Å². The van der Waals surface area contributed by atoms with Crippen LogP contribution in [-0.2, 0) is 18.3 Å². The van der Waals surface area contributed by atoms with Crippen LogP contribution >= 0.6 is 0 Å². The number of rotatable bonds is 6. The molecule has 9 nitrogen and oxygen atoms in total. The van der Waals surface area contributed by atoms with E-state index >= 15 is 0 Å². The third-order valence-corrected chi connectivity index (χ3v) is 6.37. The number of nitrogens with zero attached hydrogens (tertiary/aromatic N) is 5. The summed E-state index contributed by atoms with van der Waals surface area (Å²) in [4.78, 5) is 4.98. The summed E-state index contributed by atoms with van der Waals surface area (Å²) in [5, 5.41) is 25.9. The first-order valence-electron chi connectivity index (χ1n) is 11.4. The summed E-state index contributed by atoms with van der Waals surface area (Å²) in [6.07, 6.45) is 2.31. The highest BCUT2D eigenvalue weighted by molar-refractivity contribution is 5.97. The van der Waals surface area contributed by atoms with E-state index in [4.69, 9.17) is 4.74 Å². The van der Waals surface area contributed by atoms with Crippen LogP contribution in [0.2, 0.25) is 0 Å². The zero-order chi connectivity index (χ0) is 22.2. The van der Waals surface area contributed by atoms with Crippen molar-refractivity contribution in [2.24, 2.45) is 13.0 Å². The molecule has 0 spiro atoms. The Labute approximate surface area is 190 Å². The predicted octanol–water partition coefficient (Wildman–Crippen LogP) is 3.42. The van der Waals surface area contributed by atoms with Crippen molar-refractivity contribution in [2.75, 3.05) is 19.8 Å². The van der Waals surface area contributed by atoms with Gasteiger partial charge in [-0.1, -0.05) is 12.1 Å². The molecule has 1 fully saturated rings. The fraction of sp³-hybridized carbons (Fsp3) is 0.333. The monoisotopic (exact) mass is 442 g/mol. The Morgan fingerprint density at radius 3 is 2.85 bits per heavy atom. The number of aromatic amines is 2. The molecule has 4 heterocycles. The minimum absolute atomic E-state index is 0.596. The first kappa shape index (κ1) is 20.1. The molecule has 3 aromatic heterocycles. The number of fused-ring (bicyclic) bond motifs is 2. The predicted molar refractivity (Wildman–Crippen MR) is 126 cm³/mol. The first-order valence-corrected chi connectivity index (χ1v) is 11.4. The summed E-state index contributed by atoms with van der Waals surface area (Å²) in [5.74, 6) is 1.32. The lowest BCUT2D eigenvalue weighted by Crippen LogP contribution is -2.27. The molecule has 0 atom stereocenters. The summed E-state index contributed by atoms with van der Waals surface area (Å²) < 4.78 is 5.45. The molecule has 1 saturated heterocycles. The lowest BCUT2D eigenvalue weighted by atomic mass is 10.0. The minimum Gasteiger partial charge on any atom is -0.381 e. The van der Waals surface area contributed by atoms with Crippen molar-refractivity contribution in [3.05, 3.63) is 48.0 Å². The quantitative estimate of drug-likeness (QED) is 0.372. The number of H-pyrrole nitrogens is 2. The van der Waals surface area contributed by atoms with Gasteiger partial charge < -0.3 is 15.0 Å². The van der Waals surface area contributed by atoms with Gasteiger partial charge in [-0.25, -0.2) is 0 Å². The van der Waals surface area contributed by atoms with Crippen LogP contribution in [0.25, 0.3) is 44.6 Å². The summed E-state index contributed by atoms with van der Waals surface area (Å²) in [7, 11) is 1.76. The maximum atomic E-state index is 5.45. The van der Waals surface area contributed by atoms with E-state index in [2.05, 4.69) is 66.2 Å². The van der Waals surface area contributed by atoms with E-state index < -0.39 is 0 Å². The van der Waals surface area contributed by atoms with Gasteiger partial charge in [-0.2, -0.15) is 9.90 Å². The highest BCUT2D eigenvalue weighted by Crippen LogP contribution is 2.31. The normalized spacial score (nSPS) is 15.1. The van der Waals surface area contributed by atoms with Crippen molar-refractivity contribution in [1.82, 2.24) is 40.7 Å². The van der Waals surface area contributed by atoms with Crippen LogP contribution in [0.1, 0.15) is 18.4 Å². The molecule has 1 aliphatic rings. The zero-order valence-corrected chi connectivity index (χ0v) is 18.5. The van der Waals surface area contributed by atoms with E-state index in [0.717, 1.165) is 78.4 Å². The van der Waals surface area contributed by atoms with E-state index in [-0.39, 0.29) is 0 Å². The Kier molecular flexibility index (Phi) is 5.12. The lowest BCUT2D eigenvalue weighted by molar-refractivity contribution is 0.0662. The maximum Gasteiger partial charge on any atom is 0.204 e. The lowest BCUT2D eigenvalue weighted by Gasteiger charge is -2.22. The van der Waals surface area contributed by atoms with Crippen molar-refractivity contribution in [3.63, 3.8) is 0 Å². The summed E-state index contributed by atoms with van der Waals surface area (Å²) in [6.45, 7) is 3.71. The molecule has 168 valence electrons. The molecule has 0 radical (unpaired) electrons. The minimum atomic E-state index is 0.596. The highest BCUT2D eigenvalue weighted by atomic mass is 16.5. The maximum absolute atomic E-state index is 5.45. The third kappa shape index (κ3) is 4.01. The van der Waals surface area contributed by atoms with E-state index in [1.165, 1.54) is 15.7 Å². The van der Waals surface area contributed by atoms with Gasteiger partial charge in [0.2, 0.25) is 5.82 Å². The Morgan fingerprint density at radius 1 is 1.09 bits per heavy atom. The number of ether oxygens (including phenoxy) is 1. The van der Waals surface area contributed by atoms with Crippen LogP contribution in [0.5, 0.6) is 0 Å². The van der Waals surface area contributed by atoms with Crippen LogP contribution in [0.4, 0.5) is 0 Å². The molecular formula is C24H26N8O. The van der Waals surface area contributed by atoms with Crippen LogP contribution in [0.3, 0.4) is 0 Å². The largest absolute Gasteiger partial charge is 0.381 e. The van der Waals surface area contributed by atoms with Crippen molar-refractivity contribution in [3.8, 4) is 22.8 Å². The number of benzene rings is 2. The topological polar surface area (TPSA) is 109 Å². The van der Waals surface area contributed by atoms with Crippen LogP contribution in [-0.4, -0.2) is 55.1 Å². The smallest absolute Gasteiger partial charge is 0.204 e. The van der Waals surface area contributed by atoms with Gasteiger partial charge in [0.05, 0.1) is 18.3 Å². The van der Waals surface area contributed by atoms with Crippen molar-refractivity contribution >= 4 is 21.8 Å². The Morgan fingerprint density at radius 2 is 2.00 bits per heavy atom. The Bertz CT molecular complexity index is 1410. The Hall–Kier alpha value is -3.56. The molecule has 3 N–H and O–H groups in total. The van der Waals surface area contributed by atoms with Crippen LogP contribution < -0.4 is 5.32 Å². The number of hydrogen-bond acceptors (Lipinski definition) is 6. The van der Waals surface area contributed by atoms with Gasteiger partial charge >= 0.3 is 0 Å². The van der Waals surface area contributed by atoms with E-state index in [1.807, 2.05) is 12.1 Å². The van der Waals surface area contributed by atoms with E-state index in [1.54, 1.807) is 7.05 Å². The number of aryl methyl sites for hydroxylation is 1. The summed E-state index contributed by atoms with van der Waals surface area (Å²) >= 11 is 0. The fourth-order valence-corrected chi connectivity index (χ4v) is 4.55.